The van der Waals surface area contributed by atoms with Gasteiger partial charge in [-0.05, 0) is 74.4 Å². The van der Waals surface area contributed by atoms with Crippen molar-refractivity contribution < 1.29 is 0 Å². The molecule has 2 aromatic rings. The number of nitrogens with zero attached hydrogens (tertiary/aromatic N) is 2. The van der Waals surface area contributed by atoms with Crippen LogP contribution < -0.4 is 5.32 Å². The van der Waals surface area contributed by atoms with Gasteiger partial charge in [-0.3, -0.25) is 9.97 Å². The van der Waals surface area contributed by atoms with Crippen molar-refractivity contribution in [3.8, 4) is 0 Å². The molecular weight excluding hydrogens is 270 g/mol. The van der Waals surface area contributed by atoms with Crippen LogP contribution in [0.2, 0.25) is 0 Å². The van der Waals surface area contributed by atoms with E-state index < -0.39 is 0 Å². The van der Waals surface area contributed by atoms with E-state index in [1.54, 1.807) is 0 Å². The maximum Gasteiger partial charge on any atom is 0.0529 e. The molecule has 0 spiro atoms. The summed E-state index contributed by atoms with van der Waals surface area (Å²) in [6.45, 7) is 4.37. The van der Waals surface area contributed by atoms with Crippen LogP contribution in [0.5, 0.6) is 0 Å². The minimum atomic E-state index is 0.372. The number of hydrogen-bond donors (Lipinski definition) is 1. The maximum atomic E-state index is 4.87. The largest absolute Gasteiger partial charge is 0.317 e. The third kappa shape index (κ3) is 2.44. The summed E-state index contributed by atoms with van der Waals surface area (Å²) in [5, 5.41) is 3.49. The fourth-order valence-corrected chi connectivity index (χ4v) is 4.09. The van der Waals surface area contributed by atoms with Crippen molar-refractivity contribution >= 4 is 0 Å². The van der Waals surface area contributed by atoms with Gasteiger partial charge in [0.05, 0.1) is 11.4 Å². The third-order valence-electron chi connectivity index (χ3n) is 5.17. The molecule has 0 bridgehead atoms. The normalized spacial score (nSPS) is 21.8. The SMILES string of the molecule is Cc1cnc2c(c1)CCc1cccnc1C2C1CCNCC1. The van der Waals surface area contributed by atoms with Crippen LogP contribution in [0.4, 0.5) is 0 Å². The highest BCUT2D eigenvalue weighted by atomic mass is 14.9. The van der Waals surface area contributed by atoms with Gasteiger partial charge in [-0.1, -0.05) is 12.1 Å². The minimum Gasteiger partial charge on any atom is -0.317 e. The summed E-state index contributed by atoms with van der Waals surface area (Å²) in [7, 11) is 0. The zero-order valence-electron chi connectivity index (χ0n) is 13.2. The number of rotatable bonds is 1. The number of nitrogens with one attached hydrogen (secondary N) is 1. The van der Waals surface area contributed by atoms with E-state index in [1.165, 1.54) is 40.9 Å². The van der Waals surface area contributed by atoms with Gasteiger partial charge in [-0.25, -0.2) is 0 Å². The van der Waals surface area contributed by atoms with E-state index in [0.29, 0.717) is 11.8 Å². The number of hydrogen-bond acceptors (Lipinski definition) is 3. The van der Waals surface area contributed by atoms with E-state index in [0.717, 1.165) is 25.9 Å². The molecular formula is C19H23N3. The molecule has 2 aliphatic rings. The van der Waals surface area contributed by atoms with Crippen LogP contribution in [0, 0.1) is 12.8 Å². The lowest BCUT2D eigenvalue weighted by Crippen LogP contribution is -2.32. The maximum absolute atomic E-state index is 4.87. The average Bonchev–Trinajstić information content (AvgIpc) is 2.72. The Morgan fingerprint density at radius 3 is 2.68 bits per heavy atom. The van der Waals surface area contributed by atoms with Crippen molar-refractivity contribution in [1.29, 1.82) is 0 Å². The Morgan fingerprint density at radius 1 is 1.05 bits per heavy atom. The van der Waals surface area contributed by atoms with Gasteiger partial charge in [0.1, 0.15) is 0 Å². The summed E-state index contributed by atoms with van der Waals surface area (Å²) in [6.07, 6.45) is 8.59. The predicted molar refractivity (Wildman–Crippen MR) is 88.1 cm³/mol. The molecule has 3 heterocycles. The molecule has 2 aromatic heterocycles. The molecule has 1 fully saturated rings. The fourth-order valence-electron chi connectivity index (χ4n) is 4.09. The van der Waals surface area contributed by atoms with E-state index in [-0.39, 0.29) is 0 Å². The highest BCUT2D eigenvalue weighted by Crippen LogP contribution is 2.40. The first-order chi connectivity index (χ1) is 10.8. The molecule has 22 heavy (non-hydrogen) atoms. The standard InChI is InChI=1S/C19H23N3/c1-13-11-16-5-4-15-3-2-8-21-18(15)17(19(16)22-12-13)14-6-9-20-10-7-14/h2-3,8,11-12,14,17,20H,4-7,9-10H2,1H3. The van der Waals surface area contributed by atoms with E-state index >= 15 is 0 Å². The van der Waals surface area contributed by atoms with Gasteiger partial charge in [-0.15, -0.1) is 0 Å². The summed E-state index contributed by atoms with van der Waals surface area (Å²) >= 11 is 0. The zero-order chi connectivity index (χ0) is 14.9. The van der Waals surface area contributed by atoms with Crippen LogP contribution >= 0.6 is 0 Å². The lowest BCUT2D eigenvalue weighted by atomic mass is 9.79. The molecule has 1 aliphatic carbocycles. The predicted octanol–water partition coefficient (Wildman–Crippen LogP) is 3.02. The second-order valence-corrected chi connectivity index (χ2v) is 6.67. The van der Waals surface area contributed by atoms with Crippen molar-refractivity contribution in [1.82, 2.24) is 15.3 Å². The number of piperidine rings is 1. The molecule has 0 radical (unpaired) electrons. The highest BCUT2D eigenvalue weighted by molar-refractivity contribution is 5.40. The molecule has 1 N–H and O–H groups in total. The van der Waals surface area contributed by atoms with Gasteiger partial charge in [0, 0.05) is 18.3 Å². The van der Waals surface area contributed by atoms with Gasteiger partial charge >= 0.3 is 0 Å². The summed E-state index contributed by atoms with van der Waals surface area (Å²) in [5.41, 5.74) is 6.68. The Balaban J connectivity index is 1.86. The molecule has 1 saturated heterocycles. The Hall–Kier alpha value is -1.74. The Labute approximate surface area is 132 Å². The Kier molecular flexibility index (Phi) is 3.67. The van der Waals surface area contributed by atoms with Gasteiger partial charge < -0.3 is 5.32 Å². The van der Waals surface area contributed by atoms with Crippen LogP contribution in [0.25, 0.3) is 0 Å². The van der Waals surface area contributed by atoms with Crippen LogP contribution in [0.1, 0.15) is 46.8 Å². The number of pyridine rings is 2. The molecule has 0 aromatic carbocycles. The second-order valence-electron chi connectivity index (χ2n) is 6.67. The lowest BCUT2D eigenvalue weighted by Gasteiger charge is -2.31. The van der Waals surface area contributed by atoms with Gasteiger partial charge in [0.2, 0.25) is 0 Å². The molecule has 3 nitrogen and oxygen atoms in total. The number of fused-ring (bicyclic) bond motifs is 2. The van der Waals surface area contributed by atoms with E-state index in [9.17, 15) is 0 Å². The van der Waals surface area contributed by atoms with Crippen molar-refractivity contribution in [2.24, 2.45) is 5.92 Å². The Morgan fingerprint density at radius 2 is 1.82 bits per heavy atom. The smallest absolute Gasteiger partial charge is 0.0529 e. The topological polar surface area (TPSA) is 37.8 Å². The van der Waals surface area contributed by atoms with Crippen LogP contribution in [-0.2, 0) is 12.8 Å². The first-order valence-electron chi connectivity index (χ1n) is 8.43. The van der Waals surface area contributed by atoms with Crippen molar-refractivity contribution in [3.63, 3.8) is 0 Å². The first kappa shape index (κ1) is 13.9. The second kappa shape index (κ2) is 5.81. The highest BCUT2D eigenvalue weighted by Gasteiger charge is 2.33. The van der Waals surface area contributed by atoms with Crippen molar-refractivity contribution in [2.45, 2.75) is 38.5 Å². The van der Waals surface area contributed by atoms with E-state index in [1.807, 2.05) is 12.4 Å². The van der Waals surface area contributed by atoms with E-state index in [2.05, 4.69) is 30.4 Å². The summed E-state index contributed by atoms with van der Waals surface area (Å²) < 4.78 is 0. The van der Waals surface area contributed by atoms with Crippen LogP contribution in [0.3, 0.4) is 0 Å². The molecule has 1 unspecified atom stereocenters. The molecule has 0 amide bonds. The Bertz CT molecular complexity index is 674. The molecule has 114 valence electrons. The minimum absolute atomic E-state index is 0.372. The number of aryl methyl sites for hydroxylation is 3. The molecule has 4 rings (SSSR count). The zero-order valence-corrected chi connectivity index (χ0v) is 13.2. The monoisotopic (exact) mass is 293 g/mol. The van der Waals surface area contributed by atoms with Crippen LogP contribution in [0.15, 0.2) is 30.6 Å². The first-order valence-corrected chi connectivity index (χ1v) is 8.43. The lowest BCUT2D eigenvalue weighted by molar-refractivity contribution is 0.335. The van der Waals surface area contributed by atoms with Gasteiger partial charge in [0.25, 0.3) is 0 Å². The van der Waals surface area contributed by atoms with Crippen molar-refractivity contribution in [2.75, 3.05) is 13.1 Å². The van der Waals surface area contributed by atoms with Gasteiger partial charge in [-0.2, -0.15) is 0 Å². The quantitative estimate of drug-likeness (QED) is 0.878. The summed E-state index contributed by atoms with van der Waals surface area (Å²) in [6, 6.07) is 6.67. The average molecular weight is 293 g/mol. The molecule has 1 atom stereocenters. The molecule has 0 saturated carbocycles. The van der Waals surface area contributed by atoms with E-state index in [4.69, 9.17) is 9.97 Å². The fraction of sp³-hybridized carbons (Fsp3) is 0.474. The van der Waals surface area contributed by atoms with Crippen LogP contribution in [-0.4, -0.2) is 23.1 Å². The molecule has 1 aliphatic heterocycles. The third-order valence-corrected chi connectivity index (χ3v) is 5.17. The van der Waals surface area contributed by atoms with Gasteiger partial charge in [0.15, 0.2) is 0 Å². The summed E-state index contributed by atoms with van der Waals surface area (Å²) in [5.74, 6) is 1.03. The summed E-state index contributed by atoms with van der Waals surface area (Å²) in [4.78, 5) is 9.67. The molecule has 3 heteroatoms. The number of aromatic nitrogens is 2. The van der Waals surface area contributed by atoms with Crippen molar-refractivity contribution in [3.05, 3.63) is 58.7 Å².